The zero-order valence-corrected chi connectivity index (χ0v) is 10.00. The maximum Gasteiger partial charge on any atom is 0.125 e. The van der Waals surface area contributed by atoms with E-state index in [4.69, 9.17) is 5.73 Å². The summed E-state index contributed by atoms with van der Waals surface area (Å²) in [5.41, 5.74) is 7.26. The molecule has 0 bridgehead atoms. The average Bonchev–Trinajstić information content (AvgIpc) is 2.76. The first kappa shape index (κ1) is 11.2. The van der Waals surface area contributed by atoms with Crippen LogP contribution in [0.3, 0.4) is 0 Å². The fourth-order valence-corrected chi connectivity index (χ4v) is 2.63. The van der Waals surface area contributed by atoms with Crippen molar-refractivity contribution in [2.75, 3.05) is 17.6 Å². The van der Waals surface area contributed by atoms with E-state index in [-0.39, 0.29) is 0 Å². The lowest BCUT2D eigenvalue weighted by Gasteiger charge is -2.28. The molecular weight excluding hydrogens is 198 g/mol. The standard InChI is InChI=1S/C13H21N3/c1-2-13(6-3-4-7-13)10-16-11-5-8-15-12(14)9-11/h5,8-9H,2-4,6-7,10H2,1H3,(H3,14,15,16). The van der Waals surface area contributed by atoms with E-state index in [9.17, 15) is 0 Å². The number of nitrogens with zero attached hydrogens (tertiary/aromatic N) is 1. The van der Waals surface area contributed by atoms with Crippen LogP contribution in [0.1, 0.15) is 39.0 Å². The molecule has 0 aromatic carbocycles. The summed E-state index contributed by atoms with van der Waals surface area (Å²) in [6.07, 6.45) is 8.50. The quantitative estimate of drug-likeness (QED) is 0.818. The molecular formula is C13H21N3. The van der Waals surface area contributed by atoms with Crippen molar-refractivity contribution in [3.05, 3.63) is 18.3 Å². The Balaban J connectivity index is 1.95. The van der Waals surface area contributed by atoms with Gasteiger partial charge in [0.15, 0.2) is 0 Å². The summed E-state index contributed by atoms with van der Waals surface area (Å²) in [6, 6.07) is 3.88. The first-order valence-corrected chi connectivity index (χ1v) is 6.19. The number of nitrogen functional groups attached to an aromatic ring is 1. The Morgan fingerprint density at radius 3 is 2.81 bits per heavy atom. The average molecular weight is 219 g/mol. The third-order valence-corrected chi connectivity index (χ3v) is 3.86. The Morgan fingerprint density at radius 2 is 2.19 bits per heavy atom. The van der Waals surface area contributed by atoms with Crippen molar-refractivity contribution in [3.63, 3.8) is 0 Å². The molecule has 1 aromatic rings. The maximum atomic E-state index is 5.66. The highest BCUT2D eigenvalue weighted by Gasteiger charge is 2.31. The van der Waals surface area contributed by atoms with Crippen LogP contribution in [0.15, 0.2) is 18.3 Å². The van der Waals surface area contributed by atoms with E-state index in [1.165, 1.54) is 32.1 Å². The molecule has 3 heteroatoms. The summed E-state index contributed by atoms with van der Waals surface area (Å²) >= 11 is 0. The molecule has 16 heavy (non-hydrogen) atoms. The van der Waals surface area contributed by atoms with E-state index < -0.39 is 0 Å². The van der Waals surface area contributed by atoms with E-state index in [0.29, 0.717) is 11.2 Å². The van der Waals surface area contributed by atoms with Crippen molar-refractivity contribution in [1.82, 2.24) is 4.98 Å². The van der Waals surface area contributed by atoms with Crippen molar-refractivity contribution in [2.45, 2.75) is 39.0 Å². The monoisotopic (exact) mass is 219 g/mol. The van der Waals surface area contributed by atoms with E-state index in [1.807, 2.05) is 12.1 Å². The molecule has 1 aliphatic rings. The van der Waals surface area contributed by atoms with Crippen molar-refractivity contribution in [3.8, 4) is 0 Å². The van der Waals surface area contributed by atoms with Gasteiger partial charge in [0.1, 0.15) is 5.82 Å². The molecule has 0 atom stereocenters. The molecule has 0 unspecified atom stereocenters. The minimum Gasteiger partial charge on any atom is -0.384 e. The summed E-state index contributed by atoms with van der Waals surface area (Å²) in [5.74, 6) is 0.585. The van der Waals surface area contributed by atoms with Gasteiger partial charge in [0.25, 0.3) is 0 Å². The van der Waals surface area contributed by atoms with Gasteiger partial charge in [-0.15, -0.1) is 0 Å². The number of rotatable bonds is 4. The summed E-state index contributed by atoms with van der Waals surface area (Å²) in [7, 11) is 0. The summed E-state index contributed by atoms with van der Waals surface area (Å²) in [5, 5.41) is 3.50. The molecule has 0 amide bonds. The van der Waals surface area contributed by atoms with Crippen molar-refractivity contribution in [2.24, 2.45) is 5.41 Å². The van der Waals surface area contributed by atoms with Gasteiger partial charge in [-0.1, -0.05) is 19.8 Å². The molecule has 3 nitrogen and oxygen atoms in total. The highest BCUT2D eigenvalue weighted by atomic mass is 14.9. The first-order valence-electron chi connectivity index (χ1n) is 6.19. The van der Waals surface area contributed by atoms with Crippen LogP contribution in [0.4, 0.5) is 11.5 Å². The third-order valence-electron chi connectivity index (χ3n) is 3.86. The molecule has 0 spiro atoms. The minimum atomic E-state index is 0.512. The van der Waals surface area contributed by atoms with Gasteiger partial charge in [-0.25, -0.2) is 4.98 Å². The molecule has 0 radical (unpaired) electrons. The SMILES string of the molecule is CCC1(CNc2ccnc(N)c2)CCCC1. The predicted molar refractivity (Wildman–Crippen MR) is 68.3 cm³/mol. The molecule has 1 fully saturated rings. The molecule has 3 N–H and O–H groups in total. The van der Waals surface area contributed by atoms with E-state index in [0.717, 1.165) is 12.2 Å². The predicted octanol–water partition coefficient (Wildman–Crippen LogP) is 3.05. The maximum absolute atomic E-state index is 5.66. The van der Waals surface area contributed by atoms with Gasteiger partial charge in [0.2, 0.25) is 0 Å². The van der Waals surface area contributed by atoms with Crippen LogP contribution in [-0.4, -0.2) is 11.5 Å². The van der Waals surface area contributed by atoms with Gasteiger partial charge in [0, 0.05) is 24.5 Å². The second kappa shape index (κ2) is 4.73. The summed E-state index contributed by atoms with van der Waals surface area (Å²) < 4.78 is 0. The van der Waals surface area contributed by atoms with E-state index in [2.05, 4.69) is 17.2 Å². The number of hydrogen-bond acceptors (Lipinski definition) is 3. The van der Waals surface area contributed by atoms with Crippen LogP contribution in [0.25, 0.3) is 0 Å². The lowest BCUT2D eigenvalue weighted by molar-refractivity contribution is 0.307. The van der Waals surface area contributed by atoms with Gasteiger partial charge in [-0.3, -0.25) is 0 Å². The van der Waals surface area contributed by atoms with Crippen LogP contribution in [0.5, 0.6) is 0 Å². The molecule has 1 heterocycles. The Morgan fingerprint density at radius 1 is 1.44 bits per heavy atom. The Labute approximate surface area is 97.5 Å². The van der Waals surface area contributed by atoms with Crippen molar-refractivity contribution in [1.29, 1.82) is 0 Å². The zero-order valence-electron chi connectivity index (χ0n) is 10.00. The smallest absolute Gasteiger partial charge is 0.125 e. The Bertz CT molecular complexity index is 343. The lowest BCUT2D eigenvalue weighted by atomic mass is 9.83. The van der Waals surface area contributed by atoms with Crippen molar-refractivity contribution >= 4 is 11.5 Å². The van der Waals surface area contributed by atoms with Gasteiger partial charge in [0.05, 0.1) is 0 Å². The largest absolute Gasteiger partial charge is 0.384 e. The highest BCUT2D eigenvalue weighted by Crippen LogP contribution is 2.40. The molecule has 2 rings (SSSR count). The first-order chi connectivity index (χ1) is 7.74. The van der Waals surface area contributed by atoms with Crippen LogP contribution in [0, 0.1) is 5.41 Å². The fraction of sp³-hybridized carbons (Fsp3) is 0.615. The minimum absolute atomic E-state index is 0.512. The van der Waals surface area contributed by atoms with Crippen LogP contribution in [0.2, 0.25) is 0 Å². The molecule has 1 aliphatic carbocycles. The molecule has 88 valence electrons. The second-order valence-electron chi connectivity index (χ2n) is 4.88. The molecule has 0 saturated heterocycles. The van der Waals surface area contributed by atoms with Gasteiger partial charge in [-0.05, 0) is 30.7 Å². The number of anilines is 2. The molecule has 0 aliphatic heterocycles. The summed E-state index contributed by atoms with van der Waals surface area (Å²) in [4.78, 5) is 3.99. The second-order valence-corrected chi connectivity index (χ2v) is 4.88. The number of pyridine rings is 1. The van der Waals surface area contributed by atoms with Gasteiger partial charge < -0.3 is 11.1 Å². The van der Waals surface area contributed by atoms with E-state index >= 15 is 0 Å². The molecule has 1 saturated carbocycles. The Kier molecular flexibility index (Phi) is 3.32. The van der Waals surface area contributed by atoms with Gasteiger partial charge >= 0.3 is 0 Å². The highest BCUT2D eigenvalue weighted by molar-refractivity contribution is 5.49. The van der Waals surface area contributed by atoms with Gasteiger partial charge in [-0.2, -0.15) is 0 Å². The fourth-order valence-electron chi connectivity index (χ4n) is 2.63. The molecule has 1 aromatic heterocycles. The number of nitrogens with two attached hydrogens (primary N) is 1. The van der Waals surface area contributed by atoms with E-state index in [1.54, 1.807) is 6.20 Å². The van der Waals surface area contributed by atoms with Crippen LogP contribution in [-0.2, 0) is 0 Å². The normalized spacial score (nSPS) is 18.6. The zero-order chi connectivity index (χ0) is 11.4. The van der Waals surface area contributed by atoms with Crippen molar-refractivity contribution < 1.29 is 0 Å². The third kappa shape index (κ3) is 2.46. The Hall–Kier alpha value is -1.25. The topological polar surface area (TPSA) is 50.9 Å². The lowest BCUT2D eigenvalue weighted by Crippen LogP contribution is -2.25. The number of aromatic nitrogens is 1. The van der Waals surface area contributed by atoms with Crippen LogP contribution >= 0.6 is 0 Å². The summed E-state index contributed by atoms with van der Waals surface area (Å²) in [6.45, 7) is 3.36. The van der Waals surface area contributed by atoms with Crippen LogP contribution < -0.4 is 11.1 Å². The number of hydrogen-bond donors (Lipinski definition) is 2. The number of nitrogens with one attached hydrogen (secondary N) is 1.